The summed E-state index contributed by atoms with van der Waals surface area (Å²) in [6.07, 6.45) is 78.8. The fraction of sp³-hybridized carbons (Fsp3) is 0.848. The zero-order chi connectivity index (χ0) is 52.2. The Labute approximate surface area is 448 Å². The standard InChI is InChI=1S/C66H123NO5/c1-3-5-7-9-11-13-15-16-32-36-40-44-48-52-56-60-66(71)72-61-57-53-49-45-41-37-34-31-29-27-25-23-21-19-17-18-20-22-24-26-28-30-33-35-39-43-47-51-55-59-65(70)67-63(62-68)64(69)58-54-50-46-42-38-14-12-10-8-6-4-2/h11,13,16-17,19,32,54,58,63-64,68-69H,3-10,12,14-15,18,20-31,33-53,55-57,59-62H2,1-2H3,(H,67,70)/b13-11-,19-17-,32-16-,58-54+. The Balaban J connectivity index is 3.38. The number of aliphatic hydroxyl groups is 2. The Morgan fingerprint density at radius 3 is 1.10 bits per heavy atom. The van der Waals surface area contributed by atoms with Crippen molar-refractivity contribution in [3.05, 3.63) is 48.6 Å². The van der Waals surface area contributed by atoms with Crippen LogP contribution in [0, 0.1) is 0 Å². The van der Waals surface area contributed by atoms with Gasteiger partial charge in [0, 0.05) is 12.8 Å². The smallest absolute Gasteiger partial charge is 0.305 e. The van der Waals surface area contributed by atoms with E-state index in [1.54, 1.807) is 6.08 Å². The normalized spacial score (nSPS) is 12.9. The number of amides is 1. The molecular weight excluding hydrogens is 887 g/mol. The molecule has 0 saturated heterocycles. The average Bonchev–Trinajstić information content (AvgIpc) is 3.38. The molecule has 0 aromatic carbocycles. The molecule has 72 heavy (non-hydrogen) atoms. The number of hydrogen-bond donors (Lipinski definition) is 3. The fourth-order valence-electron chi connectivity index (χ4n) is 9.66. The number of aliphatic hydroxyl groups excluding tert-OH is 2. The van der Waals surface area contributed by atoms with E-state index < -0.39 is 12.1 Å². The van der Waals surface area contributed by atoms with Crippen molar-refractivity contribution in [1.82, 2.24) is 5.32 Å². The summed E-state index contributed by atoms with van der Waals surface area (Å²) >= 11 is 0. The zero-order valence-electron chi connectivity index (χ0n) is 48.2. The number of rotatable bonds is 59. The van der Waals surface area contributed by atoms with Gasteiger partial charge in [-0.3, -0.25) is 9.59 Å². The molecule has 0 fully saturated rings. The minimum absolute atomic E-state index is 0.00177. The molecule has 0 saturated carbocycles. The number of carbonyl (C=O) groups is 2. The van der Waals surface area contributed by atoms with Crippen LogP contribution in [-0.4, -0.2) is 47.4 Å². The second-order valence-corrected chi connectivity index (χ2v) is 21.7. The lowest BCUT2D eigenvalue weighted by Crippen LogP contribution is -2.45. The summed E-state index contributed by atoms with van der Waals surface area (Å²) in [5, 5.41) is 23.0. The molecule has 0 aliphatic rings. The van der Waals surface area contributed by atoms with E-state index in [9.17, 15) is 19.8 Å². The van der Waals surface area contributed by atoms with E-state index in [4.69, 9.17) is 4.74 Å². The Kier molecular flexibility index (Phi) is 59.5. The summed E-state index contributed by atoms with van der Waals surface area (Å²) in [6, 6.07) is -0.626. The van der Waals surface area contributed by atoms with Crippen LogP contribution in [-0.2, 0) is 14.3 Å². The maximum absolute atomic E-state index is 12.4. The summed E-state index contributed by atoms with van der Waals surface area (Å²) in [6.45, 7) is 4.87. The van der Waals surface area contributed by atoms with E-state index in [1.165, 1.54) is 257 Å². The van der Waals surface area contributed by atoms with Crippen LogP contribution in [0.25, 0.3) is 0 Å². The van der Waals surface area contributed by atoms with Gasteiger partial charge in [-0.15, -0.1) is 0 Å². The molecule has 0 heterocycles. The van der Waals surface area contributed by atoms with Gasteiger partial charge in [-0.2, -0.15) is 0 Å². The summed E-state index contributed by atoms with van der Waals surface area (Å²) in [7, 11) is 0. The molecule has 422 valence electrons. The molecule has 0 rings (SSSR count). The molecule has 0 bridgehead atoms. The van der Waals surface area contributed by atoms with Crippen LogP contribution < -0.4 is 5.32 Å². The molecule has 0 aromatic rings. The lowest BCUT2D eigenvalue weighted by molar-refractivity contribution is -0.143. The molecule has 1 amide bonds. The van der Waals surface area contributed by atoms with Crippen molar-refractivity contribution in [3.8, 4) is 0 Å². The highest BCUT2D eigenvalue weighted by molar-refractivity contribution is 5.76. The maximum atomic E-state index is 12.4. The van der Waals surface area contributed by atoms with Crippen LogP contribution in [0.5, 0.6) is 0 Å². The van der Waals surface area contributed by atoms with Crippen molar-refractivity contribution in [1.29, 1.82) is 0 Å². The van der Waals surface area contributed by atoms with Crippen molar-refractivity contribution in [3.63, 3.8) is 0 Å². The second-order valence-electron chi connectivity index (χ2n) is 21.7. The predicted molar refractivity (Wildman–Crippen MR) is 315 cm³/mol. The molecule has 0 aliphatic carbocycles. The van der Waals surface area contributed by atoms with Crippen molar-refractivity contribution in [2.45, 2.75) is 347 Å². The molecule has 0 aromatic heterocycles. The van der Waals surface area contributed by atoms with Crippen molar-refractivity contribution in [2.75, 3.05) is 13.2 Å². The van der Waals surface area contributed by atoms with E-state index in [-0.39, 0.29) is 18.5 Å². The molecular formula is C66H123NO5. The lowest BCUT2D eigenvalue weighted by Gasteiger charge is -2.20. The van der Waals surface area contributed by atoms with E-state index in [0.29, 0.717) is 19.4 Å². The molecule has 0 spiro atoms. The van der Waals surface area contributed by atoms with Crippen LogP contribution in [0.4, 0.5) is 0 Å². The lowest BCUT2D eigenvalue weighted by atomic mass is 10.0. The highest BCUT2D eigenvalue weighted by Gasteiger charge is 2.18. The minimum atomic E-state index is -0.843. The predicted octanol–water partition coefficient (Wildman–Crippen LogP) is 20.1. The SMILES string of the molecule is CCCCC/C=C\C/C=C\CCCCCCCC(=O)OCCCCCCCCCCCCCC/C=C\CCCCCCCCCCCCCCCC(=O)NC(CO)C(O)/C=C/CCCCCCCCCCC. The largest absolute Gasteiger partial charge is 0.466 e. The first-order chi connectivity index (χ1) is 35.5. The van der Waals surface area contributed by atoms with Crippen molar-refractivity contribution < 1.29 is 24.5 Å². The van der Waals surface area contributed by atoms with E-state index >= 15 is 0 Å². The number of allylic oxidation sites excluding steroid dienone is 7. The highest BCUT2D eigenvalue weighted by Crippen LogP contribution is 2.17. The van der Waals surface area contributed by atoms with Crippen LogP contribution in [0.15, 0.2) is 48.6 Å². The molecule has 0 radical (unpaired) electrons. The number of ether oxygens (including phenoxy) is 1. The van der Waals surface area contributed by atoms with E-state index in [1.807, 2.05) is 6.08 Å². The number of hydrogen-bond acceptors (Lipinski definition) is 5. The highest BCUT2D eigenvalue weighted by atomic mass is 16.5. The van der Waals surface area contributed by atoms with Gasteiger partial charge >= 0.3 is 5.97 Å². The van der Waals surface area contributed by atoms with Gasteiger partial charge in [-0.05, 0) is 89.9 Å². The van der Waals surface area contributed by atoms with Gasteiger partial charge in [-0.25, -0.2) is 0 Å². The third-order valence-electron chi connectivity index (χ3n) is 14.6. The molecule has 2 unspecified atom stereocenters. The molecule has 6 nitrogen and oxygen atoms in total. The number of carbonyl (C=O) groups excluding carboxylic acids is 2. The van der Waals surface area contributed by atoms with Gasteiger partial charge in [0.1, 0.15) is 0 Å². The van der Waals surface area contributed by atoms with E-state index in [2.05, 4.69) is 55.6 Å². The van der Waals surface area contributed by atoms with Gasteiger partial charge in [-0.1, -0.05) is 281 Å². The second kappa shape index (κ2) is 61.4. The third kappa shape index (κ3) is 57.1. The van der Waals surface area contributed by atoms with Gasteiger partial charge < -0.3 is 20.3 Å². The Hall–Kier alpha value is -2.18. The van der Waals surface area contributed by atoms with Gasteiger partial charge in [0.25, 0.3) is 0 Å². The Bertz CT molecular complexity index is 1210. The fourth-order valence-corrected chi connectivity index (χ4v) is 9.66. The van der Waals surface area contributed by atoms with Crippen molar-refractivity contribution >= 4 is 11.9 Å². The summed E-state index contributed by atoms with van der Waals surface area (Å²) in [4.78, 5) is 24.5. The topological polar surface area (TPSA) is 95.9 Å². The molecule has 0 aliphatic heterocycles. The zero-order valence-corrected chi connectivity index (χ0v) is 48.2. The summed E-state index contributed by atoms with van der Waals surface area (Å²) < 4.78 is 5.48. The van der Waals surface area contributed by atoms with Gasteiger partial charge in [0.15, 0.2) is 0 Å². The molecule has 6 heteroatoms. The number of esters is 1. The van der Waals surface area contributed by atoms with Crippen LogP contribution >= 0.6 is 0 Å². The minimum Gasteiger partial charge on any atom is -0.466 e. The van der Waals surface area contributed by atoms with Gasteiger partial charge in [0.2, 0.25) is 5.91 Å². The van der Waals surface area contributed by atoms with Crippen LogP contribution in [0.1, 0.15) is 335 Å². The van der Waals surface area contributed by atoms with Crippen LogP contribution in [0.3, 0.4) is 0 Å². The van der Waals surface area contributed by atoms with Gasteiger partial charge in [0.05, 0.1) is 25.4 Å². The summed E-state index contributed by atoms with van der Waals surface area (Å²) in [5.41, 5.74) is 0. The number of nitrogens with one attached hydrogen (secondary N) is 1. The first kappa shape index (κ1) is 69.8. The maximum Gasteiger partial charge on any atom is 0.305 e. The Morgan fingerprint density at radius 2 is 0.694 bits per heavy atom. The first-order valence-electron chi connectivity index (χ1n) is 31.9. The van der Waals surface area contributed by atoms with E-state index in [0.717, 1.165) is 51.4 Å². The molecule has 2 atom stereocenters. The summed E-state index contributed by atoms with van der Waals surface area (Å²) in [5.74, 6) is -0.0665. The third-order valence-corrected chi connectivity index (χ3v) is 14.6. The van der Waals surface area contributed by atoms with Crippen LogP contribution in [0.2, 0.25) is 0 Å². The average molecular weight is 1010 g/mol. The van der Waals surface area contributed by atoms with Crippen molar-refractivity contribution in [2.24, 2.45) is 0 Å². The number of unbranched alkanes of at least 4 members (excludes halogenated alkanes) is 42. The molecule has 3 N–H and O–H groups in total. The quantitative estimate of drug-likeness (QED) is 0.0320. The monoisotopic (exact) mass is 1010 g/mol. The Morgan fingerprint density at radius 1 is 0.389 bits per heavy atom. The first-order valence-corrected chi connectivity index (χ1v) is 31.9.